The molecular weight excluding hydrogens is 311 g/mol. The summed E-state index contributed by atoms with van der Waals surface area (Å²) in [6.07, 6.45) is -4.46. The van der Waals surface area contributed by atoms with Gasteiger partial charge >= 0.3 is 6.18 Å². The lowest BCUT2D eigenvalue weighted by molar-refractivity contribution is -0.137. The van der Waals surface area contributed by atoms with Gasteiger partial charge in [0.25, 0.3) is 0 Å². The SMILES string of the molecule is CC(=O)NCC#Cc1ccc(Br)cc1C(F)(F)F. The third-order valence-electron chi connectivity index (χ3n) is 1.94. The molecule has 0 spiro atoms. The van der Waals surface area contributed by atoms with E-state index in [1.807, 2.05) is 0 Å². The van der Waals surface area contributed by atoms with Gasteiger partial charge in [-0.1, -0.05) is 27.8 Å². The first-order chi connectivity index (χ1) is 8.30. The van der Waals surface area contributed by atoms with Gasteiger partial charge in [-0.25, -0.2) is 0 Å². The van der Waals surface area contributed by atoms with Gasteiger partial charge < -0.3 is 5.32 Å². The van der Waals surface area contributed by atoms with E-state index in [2.05, 4.69) is 33.1 Å². The van der Waals surface area contributed by atoms with Crippen LogP contribution in [0.2, 0.25) is 0 Å². The maximum absolute atomic E-state index is 12.7. The molecule has 0 aromatic heterocycles. The predicted octanol–water partition coefficient (Wildman–Crippen LogP) is 2.96. The fraction of sp³-hybridized carbons (Fsp3) is 0.250. The van der Waals surface area contributed by atoms with Gasteiger partial charge in [-0.15, -0.1) is 0 Å². The first-order valence-electron chi connectivity index (χ1n) is 4.91. The van der Waals surface area contributed by atoms with Crippen LogP contribution in [0.15, 0.2) is 22.7 Å². The molecule has 1 aromatic rings. The second kappa shape index (κ2) is 5.91. The molecule has 0 radical (unpaired) electrons. The molecule has 0 aliphatic rings. The zero-order valence-electron chi connectivity index (χ0n) is 9.36. The van der Waals surface area contributed by atoms with Crippen molar-refractivity contribution < 1.29 is 18.0 Å². The summed E-state index contributed by atoms with van der Waals surface area (Å²) in [7, 11) is 0. The number of carbonyl (C=O) groups is 1. The molecule has 0 aliphatic carbocycles. The van der Waals surface area contributed by atoms with Gasteiger partial charge in [0.15, 0.2) is 0 Å². The zero-order chi connectivity index (χ0) is 13.8. The first-order valence-corrected chi connectivity index (χ1v) is 5.70. The van der Waals surface area contributed by atoms with Gasteiger partial charge in [-0.2, -0.15) is 13.2 Å². The fourth-order valence-electron chi connectivity index (χ4n) is 1.17. The van der Waals surface area contributed by atoms with E-state index >= 15 is 0 Å². The van der Waals surface area contributed by atoms with Crippen molar-refractivity contribution in [2.45, 2.75) is 13.1 Å². The molecule has 0 bridgehead atoms. The summed E-state index contributed by atoms with van der Waals surface area (Å²) in [6.45, 7) is 1.32. The van der Waals surface area contributed by atoms with E-state index in [9.17, 15) is 18.0 Å². The fourth-order valence-corrected chi connectivity index (χ4v) is 1.53. The lowest BCUT2D eigenvalue weighted by atomic mass is 10.1. The normalized spacial score (nSPS) is 10.5. The van der Waals surface area contributed by atoms with E-state index in [0.29, 0.717) is 4.47 Å². The van der Waals surface area contributed by atoms with E-state index in [-0.39, 0.29) is 18.0 Å². The van der Waals surface area contributed by atoms with Crippen molar-refractivity contribution in [3.05, 3.63) is 33.8 Å². The topological polar surface area (TPSA) is 29.1 Å². The highest BCUT2D eigenvalue weighted by atomic mass is 79.9. The minimum absolute atomic E-state index is 0.0166. The van der Waals surface area contributed by atoms with Gasteiger partial charge in [0.05, 0.1) is 12.1 Å². The maximum atomic E-state index is 12.7. The monoisotopic (exact) mass is 319 g/mol. The van der Waals surface area contributed by atoms with E-state index < -0.39 is 11.7 Å². The minimum Gasteiger partial charge on any atom is -0.345 e. The quantitative estimate of drug-likeness (QED) is 0.792. The molecule has 0 saturated carbocycles. The summed E-state index contributed by atoms with van der Waals surface area (Å²) >= 11 is 2.98. The van der Waals surface area contributed by atoms with E-state index in [4.69, 9.17) is 0 Å². The predicted molar refractivity (Wildman–Crippen MR) is 64.7 cm³/mol. The van der Waals surface area contributed by atoms with Crippen molar-refractivity contribution in [2.24, 2.45) is 0 Å². The van der Waals surface area contributed by atoms with Crippen LogP contribution in [0.3, 0.4) is 0 Å². The Balaban J connectivity index is 2.98. The Labute approximate surface area is 111 Å². The number of amides is 1. The van der Waals surface area contributed by atoms with Crippen LogP contribution >= 0.6 is 15.9 Å². The van der Waals surface area contributed by atoms with Crippen molar-refractivity contribution in [3.8, 4) is 11.8 Å². The number of alkyl halides is 3. The van der Waals surface area contributed by atoms with Crippen LogP contribution in [0.4, 0.5) is 13.2 Å². The molecule has 0 aliphatic heterocycles. The van der Waals surface area contributed by atoms with E-state index in [1.165, 1.54) is 19.1 Å². The van der Waals surface area contributed by atoms with Crippen molar-refractivity contribution in [3.63, 3.8) is 0 Å². The second-order valence-corrected chi connectivity index (χ2v) is 4.31. The van der Waals surface area contributed by atoms with Crippen molar-refractivity contribution in [1.82, 2.24) is 5.32 Å². The van der Waals surface area contributed by atoms with E-state index in [0.717, 1.165) is 6.07 Å². The highest BCUT2D eigenvalue weighted by molar-refractivity contribution is 9.10. The summed E-state index contributed by atoms with van der Waals surface area (Å²) in [4.78, 5) is 10.6. The Morgan fingerprint density at radius 3 is 2.67 bits per heavy atom. The standard InChI is InChI=1S/C12H9BrF3NO/c1-8(18)17-6-2-3-9-4-5-10(13)7-11(9)12(14,15)16/h4-5,7H,6H2,1H3,(H,17,18). The zero-order valence-corrected chi connectivity index (χ0v) is 10.9. The summed E-state index contributed by atoms with van der Waals surface area (Å²) in [5.74, 6) is 4.58. The third kappa shape index (κ3) is 4.41. The molecule has 0 unspecified atom stereocenters. The highest BCUT2D eigenvalue weighted by Crippen LogP contribution is 2.33. The Morgan fingerprint density at radius 1 is 1.44 bits per heavy atom. The number of rotatable bonds is 1. The molecule has 2 nitrogen and oxygen atoms in total. The average Bonchev–Trinajstić information content (AvgIpc) is 2.24. The van der Waals surface area contributed by atoms with Crippen LogP contribution in [0.1, 0.15) is 18.1 Å². The minimum atomic E-state index is -4.46. The smallest absolute Gasteiger partial charge is 0.345 e. The second-order valence-electron chi connectivity index (χ2n) is 3.40. The van der Waals surface area contributed by atoms with Gasteiger partial charge in [0, 0.05) is 17.0 Å². The molecule has 1 N–H and O–H groups in total. The molecule has 6 heteroatoms. The molecular formula is C12H9BrF3NO. The number of halogens is 4. The van der Waals surface area contributed by atoms with Gasteiger partial charge in [-0.3, -0.25) is 4.79 Å². The van der Waals surface area contributed by atoms with Crippen LogP contribution in [0, 0.1) is 11.8 Å². The molecule has 96 valence electrons. The molecule has 18 heavy (non-hydrogen) atoms. The molecule has 1 rings (SSSR count). The van der Waals surface area contributed by atoms with Crippen LogP contribution in [-0.2, 0) is 11.0 Å². The third-order valence-corrected chi connectivity index (χ3v) is 2.43. The number of benzene rings is 1. The molecule has 1 aromatic carbocycles. The van der Waals surface area contributed by atoms with Gasteiger partial charge in [0.1, 0.15) is 0 Å². The van der Waals surface area contributed by atoms with E-state index in [1.54, 1.807) is 0 Å². The maximum Gasteiger partial charge on any atom is 0.417 e. The summed E-state index contributed by atoms with van der Waals surface area (Å²) in [5.41, 5.74) is -0.914. The largest absolute Gasteiger partial charge is 0.417 e. The molecule has 0 saturated heterocycles. The Morgan fingerprint density at radius 2 is 2.11 bits per heavy atom. The number of nitrogens with one attached hydrogen (secondary N) is 1. The Kier molecular flexibility index (Phi) is 4.79. The van der Waals surface area contributed by atoms with Gasteiger partial charge in [0.2, 0.25) is 5.91 Å². The average molecular weight is 320 g/mol. The summed E-state index contributed by atoms with van der Waals surface area (Å²) < 4.78 is 38.5. The summed E-state index contributed by atoms with van der Waals surface area (Å²) in [5, 5.41) is 2.38. The number of hydrogen-bond acceptors (Lipinski definition) is 1. The van der Waals surface area contributed by atoms with Crippen LogP contribution in [0.5, 0.6) is 0 Å². The van der Waals surface area contributed by atoms with Crippen LogP contribution in [0.25, 0.3) is 0 Å². The van der Waals surface area contributed by atoms with Crippen molar-refractivity contribution >= 4 is 21.8 Å². The molecule has 1 amide bonds. The van der Waals surface area contributed by atoms with Crippen molar-refractivity contribution in [1.29, 1.82) is 0 Å². The van der Waals surface area contributed by atoms with Crippen LogP contribution < -0.4 is 5.32 Å². The summed E-state index contributed by atoms with van der Waals surface area (Å²) in [6, 6.07) is 3.74. The number of carbonyl (C=O) groups excluding carboxylic acids is 1. The highest BCUT2D eigenvalue weighted by Gasteiger charge is 2.33. The molecule has 0 heterocycles. The lowest BCUT2D eigenvalue weighted by Crippen LogP contribution is -2.19. The first kappa shape index (κ1) is 14.6. The Bertz CT molecular complexity index is 514. The molecule has 0 fully saturated rings. The van der Waals surface area contributed by atoms with Crippen molar-refractivity contribution in [2.75, 3.05) is 6.54 Å². The van der Waals surface area contributed by atoms with Crippen LogP contribution in [-0.4, -0.2) is 12.5 Å². The molecule has 0 atom stereocenters. The van der Waals surface area contributed by atoms with Gasteiger partial charge in [-0.05, 0) is 18.2 Å². The number of hydrogen-bond donors (Lipinski definition) is 1. The Hall–Kier alpha value is -1.48. The lowest BCUT2D eigenvalue weighted by Gasteiger charge is -2.09.